The number of nitrogens with zero attached hydrogens (tertiary/aromatic N) is 3. The first-order valence-electron chi connectivity index (χ1n) is 11.1. The molecule has 4 rings (SSSR count). The lowest BCUT2D eigenvalue weighted by Gasteiger charge is -2.37. The number of piperidine rings is 1. The molecule has 1 amide bonds. The Morgan fingerprint density at radius 3 is 2.55 bits per heavy atom. The number of pyridine rings is 2. The van der Waals surface area contributed by atoms with E-state index in [1.165, 1.54) is 25.7 Å². The Labute approximate surface area is 173 Å². The van der Waals surface area contributed by atoms with Crippen molar-refractivity contribution in [1.29, 1.82) is 0 Å². The van der Waals surface area contributed by atoms with Crippen molar-refractivity contribution < 1.29 is 4.79 Å². The van der Waals surface area contributed by atoms with E-state index in [0.29, 0.717) is 18.3 Å². The smallest absolute Gasteiger partial charge is 0.220 e. The van der Waals surface area contributed by atoms with Gasteiger partial charge in [-0.25, -0.2) is 0 Å². The molecule has 2 aliphatic rings. The van der Waals surface area contributed by atoms with Gasteiger partial charge in [0.15, 0.2) is 0 Å². The summed E-state index contributed by atoms with van der Waals surface area (Å²) in [5, 5.41) is 3.37. The number of carbonyl (C=O) groups excluding carboxylic acids is 1. The van der Waals surface area contributed by atoms with E-state index in [1.54, 1.807) is 0 Å². The second-order valence-corrected chi connectivity index (χ2v) is 8.61. The molecule has 1 saturated carbocycles. The molecular weight excluding hydrogens is 360 g/mol. The predicted octanol–water partition coefficient (Wildman–Crippen LogP) is 4.13. The van der Waals surface area contributed by atoms with E-state index in [9.17, 15) is 4.79 Å². The van der Waals surface area contributed by atoms with Crippen molar-refractivity contribution in [2.24, 2.45) is 11.8 Å². The molecule has 154 valence electrons. The van der Waals surface area contributed by atoms with Crippen molar-refractivity contribution >= 4 is 5.91 Å². The number of hydrogen-bond donors (Lipinski definition) is 1. The van der Waals surface area contributed by atoms with Crippen LogP contribution in [0.25, 0.3) is 0 Å². The fourth-order valence-electron chi connectivity index (χ4n) is 4.93. The van der Waals surface area contributed by atoms with Gasteiger partial charge in [0.2, 0.25) is 5.91 Å². The summed E-state index contributed by atoms with van der Waals surface area (Å²) in [7, 11) is 0. The summed E-state index contributed by atoms with van der Waals surface area (Å²) < 4.78 is 0. The maximum atomic E-state index is 12.8. The minimum Gasteiger partial charge on any atom is -0.347 e. The number of aromatic nitrogens is 2. The maximum absolute atomic E-state index is 12.8. The highest BCUT2D eigenvalue weighted by Gasteiger charge is 2.31. The van der Waals surface area contributed by atoms with Gasteiger partial charge in [0.25, 0.3) is 0 Å². The third kappa shape index (κ3) is 5.63. The Morgan fingerprint density at radius 2 is 1.83 bits per heavy atom. The lowest BCUT2D eigenvalue weighted by molar-refractivity contribution is -0.123. The van der Waals surface area contributed by atoms with Crippen LogP contribution in [-0.2, 0) is 11.3 Å². The van der Waals surface area contributed by atoms with Crippen molar-refractivity contribution in [2.75, 3.05) is 13.1 Å². The number of hydrogen-bond acceptors (Lipinski definition) is 4. The summed E-state index contributed by atoms with van der Waals surface area (Å²) in [6, 6.07) is 12.1. The Bertz CT molecular complexity index is 761. The highest BCUT2D eigenvalue weighted by Crippen LogP contribution is 2.31. The zero-order valence-corrected chi connectivity index (χ0v) is 17.2. The minimum atomic E-state index is -0.0170. The number of carbonyl (C=O) groups is 1. The van der Waals surface area contributed by atoms with Crippen LogP contribution in [0.3, 0.4) is 0 Å². The summed E-state index contributed by atoms with van der Waals surface area (Å²) in [6.07, 6.45) is 11.5. The highest BCUT2D eigenvalue weighted by atomic mass is 16.1. The zero-order chi connectivity index (χ0) is 19.9. The number of amides is 1. The molecule has 1 N–H and O–H groups in total. The number of likely N-dealkylation sites (tertiary alicyclic amines) is 1. The Kier molecular flexibility index (Phi) is 6.88. The van der Waals surface area contributed by atoms with Crippen LogP contribution >= 0.6 is 0 Å². The van der Waals surface area contributed by atoms with Crippen LogP contribution in [0.15, 0.2) is 48.8 Å². The molecule has 0 aromatic carbocycles. The molecule has 3 heterocycles. The van der Waals surface area contributed by atoms with Gasteiger partial charge in [-0.3, -0.25) is 19.7 Å². The predicted molar refractivity (Wildman–Crippen MR) is 114 cm³/mol. The molecule has 2 aromatic rings. The van der Waals surface area contributed by atoms with E-state index in [0.717, 1.165) is 43.9 Å². The average molecular weight is 393 g/mol. The molecule has 0 spiro atoms. The van der Waals surface area contributed by atoms with Crippen LogP contribution < -0.4 is 5.32 Å². The van der Waals surface area contributed by atoms with E-state index >= 15 is 0 Å². The Morgan fingerprint density at radius 1 is 1.03 bits per heavy atom. The van der Waals surface area contributed by atoms with E-state index in [2.05, 4.69) is 32.3 Å². The SMILES string of the molecule is O=C(CC1CCCC1)N[C@H](c1ccccn1)[C@H]1CCCN(Cc2ccccn2)C1. The molecule has 1 saturated heterocycles. The van der Waals surface area contributed by atoms with Gasteiger partial charge in [0.1, 0.15) is 0 Å². The van der Waals surface area contributed by atoms with Gasteiger partial charge in [0.05, 0.1) is 17.4 Å². The van der Waals surface area contributed by atoms with Gasteiger partial charge in [0, 0.05) is 31.9 Å². The summed E-state index contributed by atoms with van der Waals surface area (Å²) in [5.74, 6) is 1.12. The molecule has 1 aliphatic heterocycles. The van der Waals surface area contributed by atoms with Gasteiger partial charge in [-0.05, 0) is 68.3 Å². The molecule has 5 heteroatoms. The van der Waals surface area contributed by atoms with Crippen LogP contribution in [0, 0.1) is 11.8 Å². The molecule has 29 heavy (non-hydrogen) atoms. The molecule has 2 aromatic heterocycles. The van der Waals surface area contributed by atoms with Gasteiger partial charge < -0.3 is 5.32 Å². The maximum Gasteiger partial charge on any atom is 0.220 e. The van der Waals surface area contributed by atoms with Crippen molar-refractivity contribution in [3.05, 3.63) is 60.2 Å². The first-order valence-corrected chi connectivity index (χ1v) is 11.1. The Hall–Kier alpha value is -2.27. The van der Waals surface area contributed by atoms with Crippen molar-refractivity contribution in [3.63, 3.8) is 0 Å². The monoisotopic (exact) mass is 392 g/mol. The fraction of sp³-hybridized carbons (Fsp3) is 0.542. The number of nitrogens with one attached hydrogen (secondary N) is 1. The van der Waals surface area contributed by atoms with E-state index < -0.39 is 0 Å². The largest absolute Gasteiger partial charge is 0.347 e. The summed E-state index contributed by atoms with van der Waals surface area (Å²) in [6.45, 7) is 2.90. The second kappa shape index (κ2) is 9.97. The van der Waals surface area contributed by atoms with Crippen LogP contribution in [0.5, 0.6) is 0 Å². The van der Waals surface area contributed by atoms with Crippen LogP contribution in [0.4, 0.5) is 0 Å². The van der Waals surface area contributed by atoms with Gasteiger partial charge >= 0.3 is 0 Å². The van der Waals surface area contributed by atoms with Crippen LogP contribution in [0.2, 0.25) is 0 Å². The fourth-order valence-corrected chi connectivity index (χ4v) is 4.93. The van der Waals surface area contributed by atoms with E-state index in [1.807, 2.05) is 36.7 Å². The van der Waals surface area contributed by atoms with Crippen LogP contribution in [0.1, 0.15) is 62.4 Å². The molecule has 0 bridgehead atoms. The minimum absolute atomic E-state index is 0.0170. The van der Waals surface area contributed by atoms with Crippen molar-refractivity contribution in [1.82, 2.24) is 20.2 Å². The molecule has 2 atom stereocenters. The van der Waals surface area contributed by atoms with Gasteiger partial charge in [-0.2, -0.15) is 0 Å². The second-order valence-electron chi connectivity index (χ2n) is 8.61. The third-order valence-corrected chi connectivity index (χ3v) is 6.40. The zero-order valence-electron chi connectivity index (χ0n) is 17.2. The molecule has 2 fully saturated rings. The quantitative estimate of drug-likeness (QED) is 0.770. The third-order valence-electron chi connectivity index (χ3n) is 6.40. The van der Waals surface area contributed by atoms with Crippen molar-refractivity contribution in [2.45, 2.75) is 57.5 Å². The average Bonchev–Trinajstić information content (AvgIpc) is 3.26. The molecule has 1 aliphatic carbocycles. The summed E-state index contributed by atoms with van der Waals surface area (Å²) in [4.78, 5) is 24.4. The van der Waals surface area contributed by atoms with Crippen molar-refractivity contribution in [3.8, 4) is 0 Å². The molecular formula is C24H32N4O. The summed E-state index contributed by atoms with van der Waals surface area (Å²) >= 11 is 0. The van der Waals surface area contributed by atoms with Gasteiger partial charge in [-0.15, -0.1) is 0 Å². The van der Waals surface area contributed by atoms with E-state index in [4.69, 9.17) is 0 Å². The molecule has 5 nitrogen and oxygen atoms in total. The Balaban J connectivity index is 1.44. The molecule has 0 radical (unpaired) electrons. The standard InChI is InChI=1S/C24H32N4O/c29-23(16-19-8-1-2-9-19)27-24(22-12-4-6-14-26-22)20-10-7-15-28(17-20)18-21-11-3-5-13-25-21/h3-6,11-14,19-20,24H,1-2,7-10,15-18H2,(H,27,29)/t20-,24-/m0/s1. The normalized spacial score (nSPS) is 21.7. The van der Waals surface area contributed by atoms with Crippen LogP contribution in [-0.4, -0.2) is 33.9 Å². The first-order chi connectivity index (χ1) is 14.3. The summed E-state index contributed by atoms with van der Waals surface area (Å²) in [5.41, 5.74) is 2.09. The number of rotatable bonds is 7. The lowest BCUT2D eigenvalue weighted by Crippen LogP contribution is -2.43. The van der Waals surface area contributed by atoms with E-state index in [-0.39, 0.29) is 11.9 Å². The topological polar surface area (TPSA) is 58.1 Å². The molecule has 0 unspecified atom stereocenters. The van der Waals surface area contributed by atoms with Gasteiger partial charge in [-0.1, -0.05) is 25.0 Å². The highest BCUT2D eigenvalue weighted by molar-refractivity contribution is 5.76. The first kappa shape index (κ1) is 20.0. The lowest BCUT2D eigenvalue weighted by atomic mass is 9.88.